The molecule has 1 fully saturated rings. The molecule has 8 heteroatoms. The quantitative estimate of drug-likeness (QED) is 0.373. The van der Waals surface area contributed by atoms with E-state index in [1.165, 1.54) is 4.90 Å². The average molecular weight is 312 g/mol. The first-order valence-corrected chi connectivity index (χ1v) is 7.59. The number of Topliss-reactive ketones (excluding diaryl/α,β-unsaturated/α-hetero) is 1. The highest BCUT2D eigenvalue weighted by molar-refractivity contribution is 6.37. The standard InChI is InChI=1S/C14H24N4O4/c1-2-3-6-16-14(22)11(19)9-17-13(21)10-5-4-7-18(10)12(20)8-15/h10H,2-9,15H2,1H3,(H,16,22)(H,17,21). The molecule has 0 radical (unpaired) electrons. The van der Waals surface area contributed by atoms with Gasteiger partial charge < -0.3 is 21.3 Å². The van der Waals surface area contributed by atoms with Gasteiger partial charge in [0.2, 0.25) is 17.6 Å². The van der Waals surface area contributed by atoms with Crippen molar-refractivity contribution < 1.29 is 19.2 Å². The van der Waals surface area contributed by atoms with Crippen LogP contribution in [-0.4, -0.2) is 60.6 Å². The summed E-state index contributed by atoms with van der Waals surface area (Å²) in [5.41, 5.74) is 5.30. The molecular weight excluding hydrogens is 288 g/mol. The van der Waals surface area contributed by atoms with E-state index in [0.29, 0.717) is 19.5 Å². The number of nitrogens with two attached hydrogens (primary N) is 1. The summed E-state index contributed by atoms with van der Waals surface area (Å²) in [7, 11) is 0. The summed E-state index contributed by atoms with van der Waals surface area (Å²) in [6.45, 7) is 2.39. The van der Waals surface area contributed by atoms with Crippen LogP contribution < -0.4 is 16.4 Å². The highest BCUT2D eigenvalue weighted by Gasteiger charge is 2.33. The van der Waals surface area contributed by atoms with Gasteiger partial charge in [-0.1, -0.05) is 13.3 Å². The van der Waals surface area contributed by atoms with Crippen LogP contribution in [0, 0.1) is 0 Å². The molecule has 124 valence electrons. The Labute approximate surface area is 129 Å². The molecule has 0 spiro atoms. The van der Waals surface area contributed by atoms with Gasteiger partial charge in [-0.3, -0.25) is 19.2 Å². The van der Waals surface area contributed by atoms with Gasteiger partial charge >= 0.3 is 0 Å². The van der Waals surface area contributed by atoms with Gasteiger partial charge in [0.05, 0.1) is 13.1 Å². The van der Waals surface area contributed by atoms with Gasteiger partial charge in [-0.2, -0.15) is 0 Å². The number of ketones is 1. The topological polar surface area (TPSA) is 122 Å². The molecule has 8 nitrogen and oxygen atoms in total. The van der Waals surface area contributed by atoms with E-state index < -0.39 is 23.6 Å². The molecule has 0 aromatic rings. The summed E-state index contributed by atoms with van der Waals surface area (Å²) >= 11 is 0. The van der Waals surface area contributed by atoms with Gasteiger partial charge in [-0.25, -0.2) is 0 Å². The van der Waals surface area contributed by atoms with Crippen LogP contribution in [0.5, 0.6) is 0 Å². The SMILES string of the molecule is CCCCNC(=O)C(=O)CNC(=O)C1CCCN1C(=O)CN. The molecule has 0 saturated carbocycles. The lowest BCUT2D eigenvalue weighted by atomic mass is 10.2. The van der Waals surface area contributed by atoms with Crippen molar-refractivity contribution in [1.82, 2.24) is 15.5 Å². The van der Waals surface area contributed by atoms with Crippen molar-refractivity contribution >= 4 is 23.5 Å². The van der Waals surface area contributed by atoms with E-state index >= 15 is 0 Å². The van der Waals surface area contributed by atoms with Crippen LogP contribution in [0.1, 0.15) is 32.6 Å². The highest BCUT2D eigenvalue weighted by atomic mass is 16.2. The Morgan fingerprint density at radius 3 is 2.59 bits per heavy atom. The molecule has 0 aromatic heterocycles. The van der Waals surface area contributed by atoms with Crippen molar-refractivity contribution in [3.63, 3.8) is 0 Å². The lowest BCUT2D eigenvalue weighted by Gasteiger charge is -2.23. The van der Waals surface area contributed by atoms with Crippen LogP contribution in [0.15, 0.2) is 0 Å². The van der Waals surface area contributed by atoms with Crippen LogP contribution in [0.25, 0.3) is 0 Å². The Morgan fingerprint density at radius 2 is 1.95 bits per heavy atom. The lowest BCUT2D eigenvalue weighted by Crippen LogP contribution is -2.49. The maximum absolute atomic E-state index is 12.0. The molecule has 1 unspecified atom stereocenters. The van der Waals surface area contributed by atoms with Gasteiger partial charge in [0, 0.05) is 13.1 Å². The van der Waals surface area contributed by atoms with Crippen LogP contribution in [0.2, 0.25) is 0 Å². The van der Waals surface area contributed by atoms with E-state index in [0.717, 1.165) is 19.3 Å². The largest absolute Gasteiger partial charge is 0.349 e. The number of unbranched alkanes of at least 4 members (excludes halogenated alkanes) is 1. The lowest BCUT2D eigenvalue weighted by molar-refractivity contribution is -0.140. The van der Waals surface area contributed by atoms with Gasteiger partial charge in [0.15, 0.2) is 0 Å². The van der Waals surface area contributed by atoms with Crippen molar-refractivity contribution in [3.8, 4) is 0 Å². The first-order valence-electron chi connectivity index (χ1n) is 7.59. The molecule has 0 bridgehead atoms. The average Bonchev–Trinajstić information content (AvgIpc) is 3.01. The summed E-state index contributed by atoms with van der Waals surface area (Å²) in [4.78, 5) is 48.1. The second kappa shape index (κ2) is 9.14. The Hall–Kier alpha value is -1.96. The summed E-state index contributed by atoms with van der Waals surface area (Å²) in [6.07, 6.45) is 2.96. The van der Waals surface area contributed by atoms with Crippen molar-refractivity contribution in [3.05, 3.63) is 0 Å². The third-order valence-electron chi connectivity index (χ3n) is 3.54. The number of rotatable bonds is 8. The predicted octanol–water partition coefficient (Wildman–Crippen LogP) is -1.46. The molecule has 0 aliphatic carbocycles. The fraction of sp³-hybridized carbons (Fsp3) is 0.714. The first-order chi connectivity index (χ1) is 10.5. The maximum Gasteiger partial charge on any atom is 0.289 e. The molecule has 3 amide bonds. The minimum Gasteiger partial charge on any atom is -0.349 e. The molecule has 1 aliphatic rings. The summed E-state index contributed by atoms with van der Waals surface area (Å²) < 4.78 is 0. The van der Waals surface area contributed by atoms with E-state index in [-0.39, 0.29) is 19.0 Å². The van der Waals surface area contributed by atoms with Gasteiger partial charge in [0.1, 0.15) is 6.04 Å². The third-order valence-corrected chi connectivity index (χ3v) is 3.54. The molecule has 1 atom stereocenters. The first kappa shape index (κ1) is 18.1. The summed E-state index contributed by atoms with van der Waals surface area (Å²) in [6, 6.07) is -0.605. The smallest absolute Gasteiger partial charge is 0.289 e. The zero-order chi connectivity index (χ0) is 16.5. The predicted molar refractivity (Wildman–Crippen MR) is 79.7 cm³/mol. The Balaban J connectivity index is 2.40. The monoisotopic (exact) mass is 312 g/mol. The van der Waals surface area contributed by atoms with E-state index in [1.807, 2.05) is 6.92 Å². The zero-order valence-corrected chi connectivity index (χ0v) is 12.9. The fourth-order valence-corrected chi connectivity index (χ4v) is 2.30. The van der Waals surface area contributed by atoms with E-state index in [2.05, 4.69) is 10.6 Å². The second-order valence-corrected chi connectivity index (χ2v) is 5.20. The van der Waals surface area contributed by atoms with Gasteiger partial charge in [-0.05, 0) is 19.3 Å². The molecule has 1 aliphatic heterocycles. The second-order valence-electron chi connectivity index (χ2n) is 5.20. The highest BCUT2D eigenvalue weighted by Crippen LogP contribution is 2.17. The van der Waals surface area contributed by atoms with Crippen LogP contribution in [0.4, 0.5) is 0 Å². The van der Waals surface area contributed by atoms with Crippen molar-refractivity contribution in [2.45, 2.75) is 38.6 Å². The van der Waals surface area contributed by atoms with Crippen molar-refractivity contribution in [2.24, 2.45) is 5.73 Å². The molecule has 1 heterocycles. The van der Waals surface area contributed by atoms with Gasteiger partial charge in [-0.15, -0.1) is 0 Å². The third kappa shape index (κ3) is 5.10. The van der Waals surface area contributed by atoms with E-state index in [9.17, 15) is 19.2 Å². The number of hydrogen-bond acceptors (Lipinski definition) is 5. The number of carbonyl (C=O) groups is 4. The minimum absolute atomic E-state index is 0.150. The van der Waals surface area contributed by atoms with Crippen molar-refractivity contribution in [1.29, 1.82) is 0 Å². The molecule has 22 heavy (non-hydrogen) atoms. The number of hydrogen-bond donors (Lipinski definition) is 3. The number of amides is 3. The number of carbonyl (C=O) groups excluding carboxylic acids is 4. The van der Waals surface area contributed by atoms with Gasteiger partial charge in [0.25, 0.3) is 5.91 Å². The molecule has 1 saturated heterocycles. The van der Waals surface area contributed by atoms with E-state index in [1.54, 1.807) is 0 Å². The van der Waals surface area contributed by atoms with Crippen molar-refractivity contribution in [2.75, 3.05) is 26.2 Å². The maximum atomic E-state index is 12.0. The van der Waals surface area contributed by atoms with Crippen LogP contribution in [0.3, 0.4) is 0 Å². The number of nitrogens with zero attached hydrogens (tertiary/aromatic N) is 1. The Kier molecular flexibility index (Phi) is 7.51. The molecule has 0 aromatic carbocycles. The van der Waals surface area contributed by atoms with E-state index in [4.69, 9.17) is 5.73 Å². The normalized spacial score (nSPS) is 17.2. The zero-order valence-electron chi connectivity index (χ0n) is 12.9. The molecule has 1 rings (SSSR count). The number of likely N-dealkylation sites (tertiary alicyclic amines) is 1. The molecule has 4 N–H and O–H groups in total. The number of nitrogens with one attached hydrogen (secondary N) is 2. The molecular formula is C14H24N4O4. The Morgan fingerprint density at radius 1 is 1.23 bits per heavy atom. The fourth-order valence-electron chi connectivity index (χ4n) is 2.30. The van der Waals surface area contributed by atoms with Crippen LogP contribution in [-0.2, 0) is 19.2 Å². The Bertz CT molecular complexity index is 439. The minimum atomic E-state index is -0.699. The summed E-state index contributed by atoms with van der Waals surface area (Å²) in [5.74, 6) is -2.11. The summed E-state index contributed by atoms with van der Waals surface area (Å²) in [5, 5.41) is 4.91. The van der Waals surface area contributed by atoms with Crippen LogP contribution >= 0.6 is 0 Å².